The normalized spacial score (nSPS) is 28.4. The Morgan fingerprint density at radius 1 is 1.21 bits per heavy atom. The number of aryl methyl sites for hydroxylation is 1. The van der Waals surface area contributed by atoms with Gasteiger partial charge in [0.2, 0.25) is 11.8 Å². The molecule has 8 heteroatoms. The minimum absolute atomic E-state index is 0.251. The monoisotopic (exact) mass is 418 g/mol. The van der Waals surface area contributed by atoms with E-state index in [-0.39, 0.29) is 35.5 Å². The molecule has 7 nitrogen and oxygen atoms in total. The molecule has 3 fully saturated rings. The summed E-state index contributed by atoms with van der Waals surface area (Å²) in [6.07, 6.45) is 2.88. The summed E-state index contributed by atoms with van der Waals surface area (Å²) in [7, 11) is 0. The molecule has 1 aromatic rings. The maximum absolute atomic E-state index is 12.8. The van der Waals surface area contributed by atoms with Crippen molar-refractivity contribution in [3.05, 3.63) is 28.8 Å². The average Bonchev–Trinajstić information content (AvgIpc) is 3.36. The highest BCUT2D eigenvalue weighted by molar-refractivity contribution is 6.31. The van der Waals surface area contributed by atoms with Gasteiger partial charge in [-0.15, -0.1) is 0 Å². The van der Waals surface area contributed by atoms with Crippen molar-refractivity contribution >= 4 is 41.0 Å². The lowest BCUT2D eigenvalue weighted by Crippen LogP contribution is -2.45. The number of rotatable bonds is 5. The number of halogens is 1. The molecule has 0 aromatic heterocycles. The molecule has 29 heavy (non-hydrogen) atoms. The van der Waals surface area contributed by atoms with Crippen LogP contribution >= 0.6 is 11.6 Å². The van der Waals surface area contributed by atoms with Crippen LogP contribution in [0.3, 0.4) is 0 Å². The van der Waals surface area contributed by atoms with Crippen molar-refractivity contribution in [1.29, 1.82) is 0 Å². The van der Waals surface area contributed by atoms with Gasteiger partial charge in [-0.05, 0) is 62.6 Å². The molecule has 3 aliphatic rings. The van der Waals surface area contributed by atoms with Crippen molar-refractivity contribution in [3.8, 4) is 0 Å². The molecule has 1 saturated heterocycles. The largest absolute Gasteiger partial charge is 0.454 e. The second kappa shape index (κ2) is 7.44. The number of benzene rings is 1. The van der Waals surface area contributed by atoms with Crippen LogP contribution in [0.15, 0.2) is 18.2 Å². The number of hydrogen-bond donors (Lipinski definition) is 1. The van der Waals surface area contributed by atoms with Crippen LogP contribution < -0.4 is 5.32 Å². The number of nitrogens with one attached hydrogen (secondary N) is 1. The van der Waals surface area contributed by atoms with Crippen LogP contribution in [0.5, 0.6) is 0 Å². The highest BCUT2D eigenvalue weighted by Gasteiger charge is 2.62. The van der Waals surface area contributed by atoms with E-state index >= 15 is 0 Å². The Kier molecular flexibility index (Phi) is 5.11. The van der Waals surface area contributed by atoms with Gasteiger partial charge in [-0.1, -0.05) is 17.7 Å². The summed E-state index contributed by atoms with van der Waals surface area (Å²) < 4.78 is 5.08. The van der Waals surface area contributed by atoms with Crippen molar-refractivity contribution in [2.45, 2.75) is 39.2 Å². The first-order valence-corrected chi connectivity index (χ1v) is 10.2. The van der Waals surface area contributed by atoms with E-state index in [1.54, 1.807) is 18.2 Å². The summed E-state index contributed by atoms with van der Waals surface area (Å²) in [4.78, 5) is 51.2. The molecule has 2 saturated carbocycles. The van der Waals surface area contributed by atoms with Gasteiger partial charge in [-0.2, -0.15) is 0 Å². The summed E-state index contributed by atoms with van der Waals surface area (Å²) in [5, 5.41) is 3.11. The van der Waals surface area contributed by atoms with Crippen LogP contribution in [0.4, 0.5) is 5.69 Å². The summed E-state index contributed by atoms with van der Waals surface area (Å²) in [5.74, 6) is -1.90. The second-order valence-electron chi connectivity index (χ2n) is 8.22. The molecule has 0 spiro atoms. The fourth-order valence-corrected chi connectivity index (χ4v) is 5.26. The molecular weight excluding hydrogens is 396 g/mol. The first kappa shape index (κ1) is 19.9. The number of anilines is 1. The Hall–Kier alpha value is -2.41. The number of carbonyl (C=O) groups is 4. The quantitative estimate of drug-likeness (QED) is 0.586. The van der Waals surface area contributed by atoms with Crippen molar-refractivity contribution in [1.82, 2.24) is 4.90 Å². The third kappa shape index (κ3) is 3.41. The van der Waals surface area contributed by atoms with Gasteiger partial charge >= 0.3 is 5.97 Å². The Bertz CT molecular complexity index is 873. The van der Waals surface area contributed by atoms with Gasteiger partial charge in [0, 0.05) is 10.7 Å². The molecule has 1 N–H and O–H groups in total. The van der Waals surface area contributed by atoms with E-state index < -0.39 is 24.5 Å². The third-order valence-corrected chi connectivity index (χ3v) is 6.74. The van der Waals surface area contributed by atoms with Crippen molar-refractivity contribution in [2.75, 3.05) is 11.9 Å². The van der Waals surface area contributed by atoms with Gasteiger partial charge in [0.25, 0.3) is 5.91 Å². The molecule has 1 heterocycles. The van der Waals surface area contributed by atoms with Gasteiger partial charge in [0.05, 0.1) is 11.8 Å². The number of fused-ring (bicyclic) bond motifs is 5. The maximum Gasteiger partial charge on any atom is 0.329 e. The fourth-order valence-electron chi connectivity index (χ4n) is 5.09. The standard InChI is InChI=1S/C21H23ClN2O5/c1-10-3-6-14(22)8-15(10)23-16(25)9-29-21(28)11(2)24-19(26)17-12-4-5-13(7-12)18(17)20(24)27/h3,6,8,11-13,17-18H,4-5,7,9H2,1-2H3,(H,23,25)/t11-,12-,13+,17-,18+/m0/s1. The highest BCUT2D eigenvalue weighted by Crippen LogP contribution is 2.56. The van der Waals surface area contributed by atoms with Crippen LogP contribution in [0, 0.1) is 30.6 Å². The molecule has 1 aromatic carbocycles. The number of amides is 3. The van der Waals surface area contributed by atoms with Crippen molar-refractivity contribution in [3.63, 3.8) is 0 Å². The van der Waals surface area contributed by atoms with E-state index in [2.05, 4.69) is 5.32 Å². The summed E-state index contributed by atoms with van der Waals surface area (Å²) in [5.41, 5.74) is 1.34. The number of ether oxygens (including phenoxy) is 1. The zero-order valence-corrected chi connectivity index (χ0v) is 17.1. The van der Waals surface area contributed by atoms with Crippen LogP contribution in [0.25, 0.3) is 0 Å². The van der Waals surface area contributed by atoms with Crippen LogP contribution in [-0.2, 0) is 23.9 Å². The Labute approximate surface area is 173 Å². The van der Waals surface area contributed by atoms with Gasteiger partial charge in [0.1, 0.15) is 6.04 Å². The van der Waals surface area contributed by atoms with Gasteiger partial charge in [-0.3, -0.25) is 19.3 Å². The van der Waals surface area contributed by atoms with Crippen LogP contribution in [0.1, 0.15) is 31.7 Å². The minimum Gasteiger partial charge on any atom is -0.454 e. The SMILES string of the molecule is Cc1ccc(Cl)cc1NC(=O)COC(=O)[C@H](C)N1C(=O)[C@@H]2[C@@H]3CC[C@@H](C3)[C@@H]2C1=O. The number of hydrogen-bond acceptors (Lipinski definition) is 5. The molecule has 5 atom stereocenters. The number of likely N-dealkylation sites (tertiary alicyclic amines) is 1. The maximum atomic E-state index is 12.8. The summed E-state index contributed by atoms with van der Waals surface area (Å²) in [6, 6.07) is 4.04. The molecule has 3 amide bonds. The van der Waals surface area contributed by atoms with Crippen LogP contribution in [-0.4, -0.2) is 41.2 Å². The molecule has 2 bridgehead atoms. The molecule has 0 radical (unpaired) electrons. The summed E-state index contributed by atoms with van der Waals surface area (Å²) >= 11 is 5.93. The lowest BCUT2D eigenvalue weighted by molar-refractivity contribution is -0.159. The molecular formula is C21H23ClN2O5. The van der Waals surface area contributed by atoms with Crippen molar-refractivity contribution in [2.24, 2.45) is 23.7 Å². The predicted octanol–water partition coefficient (Wildman–Crippen LogP) is 2.55. The lowest BCUT2D eigenvalue weighted by atomic mass is 9.81. The highest BCUT2D eigenvalue weighted by atomic mass is 35.5. The van der Waals surface area contributed by atoms with E-state index in [9.17, 15) is 19.2 Å². The molecule has 2 aliphatic carbocycles. The second-order valence-corrected chi connectivity index (χ2v) is 8.66. The van der Waals surface area contributed by atoms with Gasteiger partial charge < -0.3 is 10.1 Å². The average molecular weight is 419 g/mol. The predicted molar refractivity (Wildman–Crippen MR) is 105 cm³/mol. The zero-order valence-electron chi connectivity index (χ0n) is 16.3. The lowest BCUT2D eigenvalue weighted by Gasteiger charge is -2.23. The molecule has 4 rings (SSSR count). The van der Waals surface area contributed by atoms with E-state index in [1.165, 1.54) is 6.92 Å². The molecule has 1 aliphatic heterocycles. The first-order valence-electron chi connectivity index (χ1n) is 9.87. The van der Waals surface area contributed by atoms with E-state index in [0.717, 1.165) is 29.7 Å². The zero-order chi connectivity index (χ0) is 20.9. The molecule has 0 unspecified atom stereocenters. The van der Waals surface area contributed by atoms with E-state index in [1.807, 2.05) is 6.92 Å². The van der Waals surface area contributed by atoms with E-state index in [0.29, 0.717) is 10.7 Å². The Morgan fingerprint density at radius 3 is 2.45 bits per heavy atom. The number of esters is 1. The minimum atomic E-state index is -1.04. The topological polar surface area (TPSA) is 92.8 Å². The van der Waals surface area contributed by atoms with E-state index in [4.69, 9.17) is 16.3 Å². The Balaban J connectivity index is 1.35. The smallest absolute Gasteiger partial charge is 0.329 e. The van der Waals surface area contributed by atoms with Gasteiger partial charge in [-0.25, -0.2) is 4.79 Å². The fraction of sp³-hybridized carbons (Fsp3) is 0.524. The number of nitrogens with zero attached hydrogens (tertiary/aromatic N) is 1. The van der Waals surface area contributed by atoms with Crippen LogP contribution in [0.2, 0.25) is 5.02 Å². The summed E-state index contributed by atoms with van der Waals surface area (Å²) in [6.45, 7) is 2.78. The van der Waals surface area contributed by atoms with Gasteiger partial charge in [0.15, 0.2) is 6.61 Å². The first-order chi connectivity index (χ1) is 13.8. The third-order valence-electron chi connectivity index (χ3n) is 6.51. The van der Waals surface area contributed by atoms with Crippen molar-refractivity contribution < 1.29 is 23.9 Å². The number of carbonyl (C=O) groups excluding carboxylic acids is 4. The number of imide groups is 1. The Morgan fingerprint density at radius 2 is 1.83 bits per heavy atom. The molecule has 154 valence electrons.